The van der Waals surface area contributed by atoms with Crippen molar-refractivity contribution in [1.29, 1.82) is 0 Å². The molecule has 0 spiro atoms. The van der Waals surface area contributed by atoms with Gasteiger partial charge in [-0.25, -0.2) is 0 Å². The van der Waals surface area contributed by atoms with Crippen LogP contribution in [0.5, 0.6) is 0 Å². The molecule has 2 rings (SSSR count). The van der Waals surface area contributed by atoms with Crippen molar-refractivity contribution in [2.24, 2.45) is 11.1 Å². The van der Waals surface area contributed by atoms with Crippen molar-refractivity contribution >= 4 is 22.4 Å². The molecule has 1 amide bonds. The molecule has 5 nitrogen and oxygen atoms in total. The van der Waals surface area contributed by atoms with Gasteiger partial charge < -0.3 is 11.1 Å². The van der Waals surface area contributed by atoms with Gasteiger partial charge in [0, 0.05) is 18.1 Å². The van der Waals surface area contributed by atoms with E-state index in [1.54, 1.807) is 6.20 Å². The molecule has 1 aliphatic rings. The van der Waals surface area contributed by atoms with Crippen LogP contribution in [-0.2, 0) is 4.79 Å². The van der Waals surface area contributed by atoms with Crippen LogP contribution < -0.4 is 11.1 Å². The maximum Gasteiger partial charge on any atom is 0.232 e. The van der Waals surface area contributed by atoms with E-state index in [-0.39, 0.29) is 11.3 Å². The normalized spacial score (nSPS) is 19.0. The monoisotopic (exact) mass is 226 g/mol. The molecule has 0 unspecified atom stereocenters. The lowest BCUT2D eigenvalue weighted by molar-refractivity contribution is -0.124. The highest BCUT2D eigenvalue weighted by Gasteiger charge is 2.39. The van der Waals surface area contributed by atoms with Gasteiger partial charge in [0.1, 0.15) is 5.00 Å². The predicted molar refractivity (Wildman–Crippen MR) is 58.5 cm³/mol. The molecule has 6 heteroatoms. The first-order valence-corrected chi connectivity index (χ1v) is 5.83. The Morgan fingerprint density at radius 2 is 2.33 bits per heavy atom. The molecule has 1 aromatic rings. The van der Waals surface area contributed by atoms with E-state index in [4.69, 9.17) is 5.73 Å². The summed E-state index contributed by atoms with van der Waals surface area (Å²) < 4.78 is 3.70. The van der Waals surface area contributed by atoms with Gasteiger partial charge in [-0.15, -0.1) is 5.10 Å². The van der Waals surface area contributed by atoms with E-state index in [1.165, 1.54) is 11.5 Å². The molecule has 0 radical (unpaired) electrons. The standard InChI is InChI=1S/C9H14N4OS/c10-6-9(3-1-2-4-9)8(14)12-7-5-11-13-15-7/h5H,1-4,6,10H2,(H,12,14). The van der Waals surface area contributed by atoms with Gasteiger partial charge in [-0.05, 0) is 12.8 Å². The average molecular weight is 226 g/mol. The molecule has 0 aromatic carbocycles. The number of anilines is 1. The van der Waals surface area contributed by atoms with Crippen LogP contribution in [0.4, 0.5) is 5.00 Å². The lowest BCUT2D eigenvalue weighted by Gasteiger charge is -2.24. The molecule has 15 heavy (non-hydrogen) atoms. The Morgan fingerprint density at radius 1 is 1.60 bits per heavy atom. The highest BCUT2D eigenvalue weighted by Crippen LogP contribution is 2.38. The van der Waals surface area contributed by atoms with Crippen molar-refractivity contribution in [3.8, 4) is 0 Å². The summed E-state index contributed by atoms with van der Waals surface area (Å²) in [5, 5.41) is 7.20. The number of carbonyl (C=O) groups excluding carboxylic acids is 1. The average Bonchev–Trinajstić information content (AvgIpc) is 2.87. The Hall–Kier alpha value is -1.01. The zero-order valence-electron chi connectivity index (χ0n) is 8.40. The molecule has 1 aliphatic carbocycles. The minimum Gasteiger partial charge on any atom is -0.329 e. The number of rotatable bonds is 3. The summed E-state index contributed by atoms with van der Waals surface area (Å²) in [7, 11) is 0. The third kappa shape index (κ3) is 2.00. The van der Waals surface area contributed by atoms with Gasteiger partial charge in [-0.3, -0.25) is 4.79 Å². The molecule has 1 fully saturated rings. The molecule has 82 valence electrons. The maximum absolute atomic E-state index is 12.0. The van der Waals surface area contributed by atoms with Crippen molar-refractivity contribution in [2.75, 3.05) is 11.9 Å². The van der Waals surface area contributed by atoms with Gasteiger partial charge in [-0.2, -0.15) is 0 Å². The van der Waals surface area contributed by atoms with E-state index in [1.807, 2.05) is 0 Å². The fraction of sp³-hybridized carbons (Fsp3) is 0.667. The number of hydrogen-bond donors (Lipinski definition) is 2. The highest BCUT2D eigenvalue weighted by atomic mass is 32.1. The Balaban J connectivity index is 2.06. The molecule has 0 aliphatic heterocycles. The summed E-state index contributed by atoms with van der Waals surface area (Å²) in [4.78, 5) is 12.0. The van der Waals surface area contributed by atoms with E-state index in [0.717, 1.165) is 25.7 Å². The number of nitrogens with two attached hydrogens (primary N) is 1. The third-order valence-corrected chi connectivity index (χ3v) is 3.61. The first-order chi connectivity index (χ1) is 7.27. The summed E-state index contributed by atoms with van der Waals surface area (Å²) in [6, 6.07) is 0. The topological polar surface area (TPSA) is 80.9 Å². The maximum atomic E-state index is 12.0. The Kier molecular flexibility index (Phi) is 2.97. The second-order valence-corrected chi connectivity index (χ2v) is 4.71. The third-order valence-electron chi connectivity index (χ3n) is 3.03. The van der Waals surface area contributed by atoms with Crippen LogP contribution in [-0.4, -0.2) is 22.0 Å². The molecule has 3 N–H and O–H groups in total. The summed E-state index contributed by atoms with van der Waals surface area (Å²) in [5.41, 5.74) is 5.35. The summed E-state index contributed by atoms with van der Waals surface area (Å²) in [6.07, 6.45) is 5.52. The Labute approximate surface area is 92.2 Å². The molecule has 0 bridgehead atoms. The highest BCUT2D eigenvalue weighted by molar-refractivity contribution is 7.10. The second kappa shape index (κ2) is 4.24. The summed E-state index contributed by atoms with van der Waals surface area (Å²) in [5.74, 6) is 0.0218. The van der Waals surface area contributed by atoms with Crippen LogP contribution >= 0.6 is 11.5 Å². The van der Waals surface area contributed by atoms with E-state index < -0.39 is 0 Å². The van der Waals surface area contributed by atoms with E-state index in [0.29, 0.717) is 11.5 Å². The van der Waals surface area contributed by atoms with Gasteiger partial charge in [0.25, 0.3) is 0 Å². The first-order valence-electron chi connectivity index (χ1n) is 5.06. The van der Waals surface area contributed by atoms with Crippen molar-refractivity contribution in [1.82, 2.24) is 9.59 Å². The van der Waals surface area contributed by atoms with Gasteiger partial charge in [0.15, 0.2) is 0 Å². The van der Waals surface area contributed by atoms with Crippen LogP contribution in [0, 0.1) is 5.41 Å². The summed E-state index contributed by atoms with van der Waals surface area (Å²) >= 11 is 1.19. The number of amides is 1. The predicted octanol–water partition coefficient (Wildman–Crippen LogP) is 0.996. The van der Waals surface area contributed by atoms with Gasteiger partial charge >= 0.3 is 0 Å². The SMILES string of the molecule is NCC1(C(=O)Nc2cnns2)CCCC1. The van der Waals surface area contributed by atoms with E-state index in [2.05, 4.69) is 14.9 Å². The number of aromatic nitrogens is 2. The lowest BCUT2D eigenvalue weighted by Crippen LogP contribution is -2.40. The minimum absolute atomic E-state index is 0.0218. The van der Waals surface area contributed by atoms with E-state index in [9.17, 15) is 4.79 Å². The van der Waals surface area contributed by atoms with Gasteiger partial charge in [-0.1, -0.05) is 17.3 Å². The van der Waals surface area contributed by atoms with Crippen LogP contribution in [0.25, 0.3) is 0 Å². The zero-order valence-corrected chi connectivity index (χ0v) is 9.22. The number of hydrogen-bond acceptors (Lipinski definition) is 5. The smallest absolute Gasteiger partial charge is 0.232 e. The zero-order chi connectivity index (χ0) is 10.7. The summed E-state index contributed by atoms with van der Waals surface area (Å²) in [6.45, 7) is 0.422. The largest absolute Gasteiger partial charge is 0.329 e. The quantitative estimate of drug-likeness (QED) is 0.805. The van der Waals surface area contributed by atoms with Crippen molar-refractivity contribution in [2.45, 2.75) is 25.7 Å². The van der Waals surface area contributed by atoms with Crippen molar-refractivity contribution in [3.05, 3.63) is 6.20 Å². The Bertz CT molecular complexity index is 332. The van der Waals surface area contributed by atoms with Crippen molar-refractivity contribution in [3.63, 3.8) is 0 Å². The molecular weight excluding hydrogens is 212 g/mol. The Morgan fingerprint density at radius 3 is 2.87 bits per heavy atom. The van der Waals surface area contributed by atoms with Crippen LogP contribution in [0.1, 0.15) is 25.7 Å². The number of nitrogens with one attached hydrogen (secondary N) is 1. The fourth-order valence-corrected chi connectivity index (χ4v) is 2.46. The fourth-order valence-electron chi connectivity index (χ4n) is 2.04. The molecule has 1 heterocycles. The molecule has 0 saturated heterocycles. The second-order valence-electron chi connectivity index (χ2n) is 3.93. The molecule has 1 aromatic heterocycles. The van der Waals surface area contributed by atoms with Crippen LogP contribution in [0.2, 0.25) is 0 Å². The van der Waals surface area contributed by atoms with Gasteiger partial charge in [0.2, 0.25) is 5.91 Å². The van der Waals surface area contributed by atoms with E-state index >= 15 is 0 Å². The van der Waals surface area contributed by atoms with Crippen molar-refractivity contribution < 1.29 is 4.79 Å². The first kappa shape index (κ1) is 10.5. The number of carbonyl (C=O) groups is 1. The minimum atomic E-state index is -0.357. The van der Waals surface area contributed by atoms with Crippen LogP contribution in [0.3, 0.4) is 0 Å². The van der Waals surface area contributed by atoms with Crippen LogP contribution in [0.15, 0.2) is 6.20 Å². The lowest BCUT2D eigenvalue weighted by atomic mass is 9.85. The molecular formula is C9H14N4OS. The molecule has 0 atom stereocenters. The van der Waals surface area contributed by atoms with Gasteiger partial charge in [0.05, 0.1) is 11.6 Å². The molecule has 1 saturated carbocycles. The number of nitrogens with zero attached hydrogens (tertiary/aromatic N) is 2.